The van der Waals surface area contributed by atoms with E-state index in [4.69, 9.17) is 4.55 Å². The van der Waals surface area contributed by atoms with Crippen molar-refractivity contribution in [3.63, 3.8) is 0 Å². The SMILES string of the molecule is CCC(C)C(=O)Nc1ccc(S(=O)(=O)O)cc1C. The first-order valence-electron chi connectivity index (χ1n) is 5.64. The molecule has 5 nitrogen and oxygen atoms in total. The molecular weight excluding hydrogens is 254 g/mol. The number of carbonyl (C=O) groups is 1. The second-order valence-corrected chi connectivity index (χ2v) is 5.67. The molecule has 1 rings (SSSR count). The smallest absolute Gasteiger partial charge is 0.294 e. The lowest BCUT2D eigenvalue weighted by Gasteiger charge is -2.12. The number of aryl methyl sites for hydroxylation is 1. The number of carbonyl (C=O) groups excluding carboxylic acids is 1. The van der Waals surface area contributed by atoms with E-state index in [0.29, 0.717) is 11.3 Å². The summed E-state index contributed by atoms with van der Waals surface area (Å²) in [5, 5.41) is 2.72. The van der Waals surface area contributed by atoms with E-state index in [-0.39, 0.29) is 16.7 Å². The Hall–Kier alpha value is -1.40. The third kappa shape index (κ3) is 3.54. The average molecular weight is 271 g/mol. The fourth-order valence-corrected chi connectivity index (χ4v) is 1.94. The highest BCUT2D eigenvalue weighted by Crippen LogP contribution is 2.20. The Labute approximate surface area is 107 Å². The van der Waals surface area contributed by atoms with Crippen molar-refractivity contribution in [2.24, 2.45) is 5.92 Å². The Morgan fingerprint density at radius 1 is 1.44 bits per heavy atom. The number of amides is 1. The maximum Gasteiger partial charge on any atom is 0.294 e. The summed E-state index contributed by atoms with van der Waals surface area (Å²) in [6.07, 6.45) is 0.730. The maximum absolute atomic E-state index is 11.7. The Balaban J connectivity index is 2.97. The van der Waals surface area contributed by atoms with Crippen LogP contribution in [0, 0.1) is 12.8 Å². The number of nitrogens with one attached hydrogen (secondary N) is 1. The van der Waals surface area contributed by atoms with Crippen LogP contribution >= 0.6 is 0 Å². The maximum atomic E-state index is 11.7. The first-order chi connectivity index (χ1) is 8.25. The van der Waals surface area contributed by atoms with Crippen LogP contribution in [0.15, 0.2) is 23.1 Å². The van der Waals surface area contributed by atoms with Crippen LogP contribution in [0.5, 0.6) is 0 Å². The first kappa shape index (κ1) is 14.7. The molecule has 0 aliphatic rings. The Morgan fingerprint density at radius 2 is 2.06 bits per heavy atom. The van der Waals surface area contributed by atoms with Gasteiger partial charge in [0.15, 0.2) is 0 Å². The monoisotopic (exact) mass is 271 g/mol. The molecule has 0 bridgehead atoms. The zero-order chi connectivity index (χ0) is 13.9. The third-order valence-corrected chi connectivity index (χ3v) is 3.66. The predicted octanol–water partition coefficient (Wildman–Crippen LogP) is 2.23. The van der Waals surface area contributed by atoms with Crippen LogP contribution in [0.2, 0.25) is 0 Å². The van der Waals surface area contributed by atoms with Gasteiger partial charge < -0.3 is 5.32 Å². The zero-order valence-electron chi connectivity index (χ0n) is 10.6. The van der Waals surface area contributed by atoms with Crippen molar-refractivity contribution in [3.8, 4) is 0 Å². The number of anilines is 1. The van der Waals surface area contributed by atoms with E-state index in [1.165, 1.54) is 18.2 Å². The van der Waals surface area contributed by atoms with Crippen LogP contribution in [0.4, 0.5) is 5.69 Å². The number of hydrogen-bond donors (Lipinski definition) is 2. The molecular formula is C12H17NO4S. The molecule has 0 aliphatic carbocycles. The Bertz CT molecular complexity index is 551. The first-order valence-corrected chi connectivity index (χ1v) is 7.08. The number of benzene rings is 1. The van der Waals surface area contributed by atoms with E-state index < -0.39 is 10.1 Å². The summed E-state index contributed by atoms with van der Waals surface area (Å²) in [6, 6.07) is 4.05. The fourth-order valence-electron chi connectivity index (χ4n) is 1.38. The molecule has 1 aromatic rings. The fraction of sp³-hybridized carbons (Fsp3) is 0.417. The molecule has 0 fully saturated rings. The number of hydrogen-bond acceptors (Lipinski definition) is 3. The molecule has 0 spiro atoms. The van der Waals surface area contributed by atoms with Gasteiger partial charge in [-0.1, -0.05) is 13.8 Å². The summed E-state index contributed by atoms with van der Waals surface area (Å²) < 4.78 is 30.8. The van der Waals surface area contributed by atoms with E-state index in [0.717, 1.165) is 6.42 Å². The molecule has 1 unspecified atom stereocenters. The van der Waals surface area contributed by atoms with E-state index in [1.54, 1.807) is 6.92 Å². The van der Waals surface area contributed by atoms with Gasteiger partial charge >= 0.3 is 0 Å². The molecule has 0 heterocycles. The van der Waals surface area contributed by atoms with Crippen LogP contribution in [0.1, 0.15) is 25.8 Å². The van der Waals surface area contributed by atoms with Crippen molar-refractivity contribution in [1.82, 2.24) is 0 Å². The van der Waals surface area contributed by atoms with E-state index in [1.807, 2.05) is 13.8 Å². The van der Waals surface area contributed by atoms with E-state index in [9.17, 15) is 13.2 Å². The minimum atomic E-state index is -4.20. The van der Waals surface area contributed by atoms with Gasteiger partial charge in [0.25, 0.3) is 10.1 Å². The van der Waals surface area contributed by atoms with Gasteiger partial charge in [-0.25, -0.2) is 0 Å². The molecule has 6 heteroatoms. The van der Waals surface area contributed by atoms with Gasteiger partial charge in [-0.15, -0.1) is 0 Å². The van der Waals surface area contributed by atoms with Crippen LogP contribution in [0.25, 0.3) is 0 Å². The van der Waals surface area contributed by atoms with Gasteiger partial charge in [-0.2, -0.15) is 8.42 Å². The minimum Gasteiger partial charge on any atom is -0.326 e. The minimum absolute atomic E-state index is 0.106. The second kappa shape index (κ2) is 5.49. The highest BCUT2D eigenvalue weighted by Gasteiger charge is 2.14. The van der Waals surface area contributed by atoms with Gasteiger partial charge in [0, 0.05) is 11.6 Å². The normalized spacial score (nSPS) is 13.1. The molecule has 100 valence electrons. The third-order valence-electron chi connectivity index (χ3n) is 2.81. The van der Waals surface area contributed by atoms with Gasteiger partial charge in [0.2, 0.25) is 5.91 Å². The molecule has 18 heavy (non-hydrogen) atoms. The Kier molecular flexibility index (Phi) is 4.48. The summed E-state index contributed by atoms with van der Waals surface area (Å²) in [5.41, 5.74) is 1.13. The lowest BCUT2D eigenvalue weighted by atomic mass is 10.1. The Morgan fingerprint density at radius 3 is 2.50 bits per heavy atom. The van der Waals surface area contributed by atoms with Crippen LogP contribution < -0.4 is 5.32 Å². The van der Waals surface area contributed by atoms with Crippen molar-refractivity contribution >= 4 is 21.7 Å². The summed E-state index contributed by atoms with van der Waals surface area (Å²) >= 11 is 0. The van der Waals surface area contributed by atoms with Crippen molar-refractivity contribution in [1.29, 1.82) is 0 Å². The second-order valence-electron chi connectivity index (χ2n) is 4.25. The molecule has 1 aromatic carbocycles. The van der Waals surface area contributed by atoms with Gasteiger partial charge in [0.1, 0.15) is 0 Å². The van der Waals surface area contributed by atoms with Crippen LogP contribution in [-0.2, 0) is 14.9 Å². The van der Waals surface area contributed by atoms with E-state index >= 15 is 0 Å². The quantitative estimate of drug-likeness (QED) is 0.822. The van der Waals surface area contributed by atoms with Crippen LogP contribution in [0.3, 0.4) is 0 Å². The number of rotatable bonds is 4. The van der Waals surface area contributed by atoms with Crippen molar-refractivity contribution in [3.05, 3.63) is 23.8 Å². The van der Waals surface area contributed by atoms with Crippen molar-refractivity contribution in [2.75, 3.05) is 5.32 Å². The largest absolute Gasteiger partial charge is 0.326 e. The molecule has 2 N–H and O–H groups in total. The summed E-state index contributed by atoms with van der Waals surface area (Å²) in [6.45, 7) is 5.40. The van der Waals surface area contributed by atoms with Crippen molar-refractivity contribution in [2.45, 2.75) is 32.1 Å². The van der Waals surface area contributed by atoms with Crippen LogP contribution in [-0.4, -0.2) is 18.9 Å². The predicted molar refractivity (Wildman–Crippen MR) is 69.1 cm³/mol. The molecule has 0 aromatic heterocycles. The summed E-state index contributed by atoms with van der Waals surface area (Å²) in [5.74, 6) is -0.217. The van der Waals surface area contributed by atoms with Gasteiger partial charge in [0.05, 0.1) is 4.90 Å². The molecule has 0 saturated heterocycles. The average Bonchev–Trinajstić information content (AvgIpc) is 2.29. The highest BCUT2D eigenvalue weighted by atomic mass is 32.2. The lowest BCUT2D eigenvalue weighted by Crippen LogP contribution is -2.20. The molecule has 1 amide bonds. The summed E-state index contributed by atoms with van der Waals surface area (Å²) in [4.78, 5) is 11.5. The molecule has 0 saturated carbocycles. The molecule has 0 radical (unpaired) electrons. The van der Waals surface area contributed by atoms with Gasteiger partial charge in [-0.05, 0) is 37.1 Å². The standard InChI is InChI=1S/C12H17NO4S/c1-4-8(2)12(14)13-11-6-5-10(7-9(11)3)18(15,16)17/h5-8H,4H2,1-3H3,(H,13,14)(H,15,16,17). The topological polar surface area (TPSA) is 83.5 Å². The zero-order valence-corrected chi connectivity index (χ0v) is 11.4. The van der Waals surface area contributed by atoms with Crippen molar-refractivity contribution < 1.29 is 17.8 Å². The lowest BCUT2D eigenvalue weighted by molar-refractivity contribution is -0.119. The molecule has 1 atom stereocenters. The summed E-state index contributed by atoms with van der Waals surface area (Å²) in [7, 11) is -4.20. The molecule has 0 aliphatic heterocycles. The highest BCUT2D eigenvalue weighted by molar-refractivity contribution is 7.85. The van der Waals surface area contributed by atoms with Gasteiger partial charge in [-0.3, -0.25) is 9.35 Å². The van der Waals surface area contributed by atoms with E-state index in [2.05, 4.69) is 5.32 Å².